The highest BCUT2D eigenvalue weighted by Gasteiger charge is 1.99. The van der Waals surface area contributed by atoms with Crippen molar-refractivity contribution in [1.29, 1.82) is 0 Å². The van der Waals surface area contributed by atoms with Crippen molar-refractivity contribution < 1.29 is 21.9 Å². The van der Waals surface area contributed by atoms with Gasteiger partial charge in [0.15, 0.2) is 0 Å². The normalized spacial score (nSPS) is 9.38. The number of benzene rings is 2. The van der Waals surface area contributed by atoms with Gasteiger partial charge >= 0.3 is 0 Å². The third-order valence-corrected chi connectivity index (χ3v) is 2.97. The topological polar surface area (TPSA) is 76.7 Å². The predicted octanol–water partition coefficient (Wildman–Crippen LogP) is 4.58. The van der Waals surface area contributed by atoms with Crippen molar-refractivity contribution in [2.24, 2.45) is 0 Å². The van der Waals surface area contributed by atoms with Crippen LogP contribution >= 0.6 is 0 Å². The molecule has 0 atom stereocenters. The van der Waals surface area contributed by atoms with E-state index in [0.717, 1.165) is 11.4 Å². The summed E-state index contributed by atoms with van der Waals surface area (Å²) in [5, 5.41) is 5.38. The quantitative estimate of drug-likeness (QED) is 0.707. The number of nitrogens with one attached hydrogen (secondary N) is 2. The molecule has 0 fully saturated rings. The number of anilines is 2. The number of ether oxygens (including phenoxy) is 2. The van der Waals surface area contributed by atoms with Crippen LogP contribution in [0.1, 0.15) is 30.5 Å². The van der Waals surface area contributed by atoms with E-state index in [-0.39, 0.29) is 14.7 Å². The highest BCUT2D eigenvalue weighted by Crippen LogP contribution is 2.17. The van der Waals surface area contributed by atoms with E-state index in [1.807, 2.05) is 13.8 Å². The van der Waals surface area contributed by atoms with Crippen LogP contribution in [0.25, 0.3) is 0 Å². The summed E-state index contributed by atoms with van der Waals surface area (Å²) in [7, 11) is 0. The molecular formula is C20H30N2O4. The van der Waals surface area contributed by atoms with Gasteiger partial charge in [0.2, 0.25) is 11.8 Å². The predicted molar refractivity (Wildman–Crippen MR) is 108 cm³/mol. The molecule has 2 aromatic carbocycles. The van der Waals surface area contributed by atoms with E-state index in [4.69, 9.17) is 9.47 Å². The van der Waals surface area contributed by atoms with Crippen LogP contribution in [0.5, 0.6) is 11.5 Å². The van der Waals surface area contributed by atoms with Crippen LogP contribution in [-0.2, 0) is 9.59 Å². The summed E-state index contributed by atoms with van der Waals surface area (Å²) < 4.78 is 11.1. The third kappa shape index (κ3) is 8.19. The minimum atomic E-state index is -0.110. The molecule has 0 bridgehead atoms. The summed E-state index contributed by atoms with van der Waals surface area (Å²) in [5.74, 6) is 1.19. The number of carbonyl (C=O) groups excluding carboxylic acids is 2. The van der Waals surface area contributed by atoms with Gasteiger partial charge in [0.1, 0.15) is 24.7 Å². The van der Waals surface area contributed by atoms with E-state index >= 15 is 0 Å². The van der Waals surface area contributed by atoms with E-state index in [1.165, 1.54) is 13.8 Å². The maximum Gasteiger partial charge on any atom is 0.221 e. The fourth-order valence-corrected chi connectivity index (χ4v) is 1.99. The second kappa shape index (κ2) is 11.5. The average Bonchev–Trinajstić information content (AvgIpc) is 2.62. The van der Waals surface area contributed by atoms with Crippen molar-refractivity contribution in [3.05, 3.63) is 48.5 Å². The van der Waals surface area contributed by atoms with E-state index in [2.05, 4.69) is 10.6 Å². The van der Waals surface area contributed by atoms with E-state index < -0.39 is 0 Å². The lowest BCUT2D eigenvalue weighted by atomic mass is 10.3. The Morgan fingerprint density at radius 3 is 1.31 bits per heavy atom. The Morgan fingerprint density at radius 2 is 1.04 bits per heavy atom. The van der Waals surface area contributed by atoms with Crippen molar-refractivity contribution in [3.8, 4) is 11.5 Å². The molecule has 2 amide bonds. The van der Waals surface area contributed by atoms with Crippen LogP contribution in [0.2, 0.25) is 0 Å². The number of carbonyl (C=O) groups is 2. The lowest BCUT2D eigenvalue weighted by Crippen LogP contribution is -2.09. The van der Waals surface area contributed by atoms with Crippen molar-refractivity contribution in [2.75, 3.05) is 23.8 Å². The maximum absolute atomic E-state index is 10.9. The zero-order chi connectivity index (χ0) is 19.4. The van der Waals surface area contributed by atoms with E-state index in [0.29, 0.717) is 24.7 Å². The molecule has 0 saturated heterocycles. The molecule has 2 N–H and O–H groups in total. The van der Waals surface area contributed by atoms with Gasteiger partial charge < -0.3 is 20.1 Å². The molecule has 6 heteroatoms. The van der Waals surface area contributed by atoms with Gasteiger partial charge in [0, 0.05) is 28.1 Å². The molecule has 0 saturated carbocycles. The van der Waals surface area contributed by atoms with Crippen LogP contribution in [-0.4, -0.2) is 25.0 Å². The second-order valence-corrected chi connectivity index (χ2v) is 5.11. The Bertz CT molecular complexity index is 631. The third-order valence-electron chi connectivity index (χ3n) is 2.97. The molecular weight excluding hydrogens is 332 g/mol. The van der Waals surface area contributed by atoms with Crippen molar-refractivity contribution in [3.63, 3.8) is 0 Å². The SMILES string of the molecule is CC.CC(=O)Nc1ccc(OCCOc2ccc(NC(C)=O)cc2)cc1.[HH].[HH]. The molecule has 0 radical (unpaired) electrons. The first kappa shape index (κ1) is 21.0. The fourth-order valence-electron chi connectivity index (χ4n) is 1.99. The van der Waals surface area contributed by atoms with E-state index in [1.54, 1.807) is 48.5 Å². The average molecular weight is 362 g/mol. The largest absolute Gasteiger partial charge is 0.490 e. The molecule has 0 aliphatic carbocycles. The van der Waals surface area contributed by atoms with Gasteiger partial charge in [-0.1, -0.05) is 13.8 Å². The molecule has 0 unspecified atom stereocenters. The van der Waals surface area contributed by atoms with Gasteiger partial charge in [-0.15, -0.1) is 0 Å². The van der Waals surface area contributed by atoms with Gasteiger partial charge in [-0.2, -0.15) is 0 Å². The number of rotatable bonds is 7. The molecule has 0 aliphatic heterocycles. The molecule has 0 spiro atoms. The van der Waals surface area contributed by atoms with Crippen LogP contribution in [0.15, 0.2) is 48.5 Å². The van der Waals surface area contributed by atoms with Crippen LogP contribution < -0.4 is 20.1 Å². The smallest absolute Gasteiger partial charge is 0.221 e. The minimum absolute atomic E-state index is 0. The van der Waals surface area contributed by atoms with Crippen LogP contribution in [0.4, 0.5) is 11.4 Å². The van der Waals surface area contributed by atoms with Gasteiger partial charge in [-0.25, -0.2) is 0 Å². The Hall–Kier alpha value is -3.02. The number of amides is 2. The van der Waals surface area contributed by atoms with Crippen molar-refractivity contribution in [2.45, 2.75) is 27.7 Å². The minimum Gasteiger partial charge on any atom is -0.490 e. The maximum atomic E-state index is 10.9. The highest BCUT2D eigenvalue weighted by atomic mass is 16.5. The number of hydrogen-bond acceptors (Lipinski definition) is 4. The summed E-state index contributed by atoms with van der Waals surface area (Å²) in [6, 6.07) is 14.2. The van der Waals surface area contributed by atoms with Crippen molar-refractivity contribution in [1.82, 2.24) is 0 Å². The molecule has 2 aromatic rings. The Labute approximate surface area is 157 Å². The molecule has 6 nitrogen and oxygen atoms in total. The fraction of sp³-hybridized carbons (Fsp3) is 0.300. The first-order valence-electron chi connectivity index (χ1n) is 8.54. The second-order valence-electron chi connectivity index (χ2n) is 5.11. The van der Waals surface area contributed by atoms with Crippen molar-refractivity contribution >= 4 is 23.2 Å². The first-order chi connectivity index (χ1) is 12.5. The molecule has 2 rings (SSSR count). The van der Waals surface area contributed by atoms with Crippen LogP contribution in [0, 0.1) is 0 Å². The van der Waals surface area contributed by atoms with Gasteiger partial charge in [0.05, 0.1) is 0 Å². The van der Waals surface area contributed by atoms with Gasteiger partial charge in [-0.05, 0) is 48.5 Å². The molecule has 0 heterocycles. The standard InChI is InChI=1S/C18H20N2O4.C2H6.2H2/c1-13(21)19-15-3-7-17(8-4-15)23-11-12-24-18-9-5-16(6-10-18)20-14(2)22;1-2;;/h3-10H,11-12H2,1-2H3,(H,19,21)(H,20,22);1-2H3;2*1H. The summed E-state index contributed by atoms with van der Waals surface area (Å²) in [6.07, 6.45) is 0. The van der Waals surface area contributed by atoms with Gasteiger partial charge in [-0.3, -0.25) is 9.59 Å². The lowest BCUT2D eigenvalue weighted by Gasteiger charge is -2.10. The van der Waals surface area contributed by atoms with E-state index in [9.17, 15) is 9.59 Å². The zero-order valence-electron chi connectivity index (χ0n) is 15.7. The molecule has 26 heavy (non-hydrogen) atoms. The monoisotopic (exact) mass is 362 g/mol. The zero-order valence-corrected chi connectivity index (χ0v) is 15.7. The molecule has 0 aliphatic rings. The van der Waals surface area contributed by atoms with Gasteiger partial charge in [0.25, 0.3) is 0 Å². The summed E-state index contributed by atoms with van der Waals surface area (Å²) in [4.78, 5) is 21.9. The molecule has 144 valence electrons. The summed E-state index contributed by atoms with van der Waals surface area (Å²) in [6.45, 7) is 7.72. The molecule has 0 aromatic heterocycles. The first-order valence-corrected chi connectivity index (χ1v) is 8.54. The highest BCUT2D eigenvalue weighted by molar-refractivity contribution is 5.89. The summed E-state index contributed by atoms with van der Waals surface area (Å²) in [5.41, 5.74) is 1.45. The Kier molecular flexibility index (Phi) is 9.31. The Balaban J connectivity index is 0. The lowest BCUT2D eigenvalue weighted by molar-refractivity contribution is -0.115. The summed E-state index contributed by atoms with van der Waals surface area (Å²) >= 11 is 0. The van der Waals surface area contributed by atoms with Crippen LogP contribution in [0.3, 0.4) is 0 Å². The Morgan fingerprint density at radius 1 is 0.731 bits per heavy atom. The number of hydrogen-bond donors (Lipinski definition) is 2.